The monoisotopic (exact) mass is 453 g/mol. The van der Waals surface area contributed by atoms with Gasteiger partial charge in [0.2, 0.25) is 5.91 Å². The minimum atomic E-state index is -1.00. The number of carboxylic acid groups (broad SMARTS) is 1. The van der Waals surface area contributed by atoms with Gasteiger partial charge in [0.05, 0.1) is 6.42 Å². The molecule has 0 bridgehead atoms. The number of nitrogens with one attached hydrogen (secondary N) is 4. The van der Waals surface area contributed by atoms with Gasteiger partial charge < -0.3 is 31.3 Å². The van der Waals surface area contributed by atoms with Gasteiger partial charge in [0.25, 0.3) is 0 Å². The van der Waals surface area contributed by atoms with Gasteiger partial charge in [-0.3, -0.25) is 9.59 Å². The number of benzene rings is 2. The molecule has 5 N–H and O–H groups in total. The first kappa shape index (κ1) is 23.6. The van der Waals surface area contributed by atoms with E-state index in [2.05, 4.69) is 21.3 Å². The summed E-state index contributed by atoms with van der Waals surface area (Å²) in [7, 11) is 0. The third-order valence-electron chi connectivity index (χ3n) is 5.23. The number of hydrogen-bond acceptors (Lipinski definition) is 4. The Morgan fingerprint density at radius 1 is 0.970 bits per heavy atom. The molecular weight excluding hydrogens is 426 g/mol. The van der Waals surface area contributed by atoms with Crippen molar-refractivity contribution >= 4 is 41.0 Å². The Morgan fingerprint density at radius 2 is 1.64 bits per heavy atom. The Labute approximate surface area is 191 Å². The maximum Gasteiger partial charge on any atom is 0.323 e. The number of likely N-dealkylation sites (tertiary alicyclic amines) is 1. The molecule has 1 heterocycles. The summed E-state index contributed by atoms with van der Waals surface area (Å²) < 4.78 is 0. The van der Waals surface area contributed by atoms with Crippen LogP contribution in [0.3, 0.4) is 0 Å². The largest absolute Gasteiger partial charge is 0.481 e. The zero-order chi connectivity index (χ0) is 23.8. The van der Waals surface area contributed by atoms with Crippen molar-refractivity contribution in [2.24, 2.45) is 0 Å². The van der Waals surface area contributed by atoms with Crippen LogP contribution in [-0.4, -0.2) is 53.1 Å². The first-order valence-electron chi connectivity index (χ1n) is 10.6. The van der Waals surface area contributed by atoms with Gasteiger partial charge in [-0.25, -0.2) is 9.59 Å². The van der Waals surface area contributed by atoms with E-state index in [9.17, 15) is 19.2 Å². The number of para-hydroxylation sites is 1. The standard InChI is InChI=1S/C23H27N5O5/c1-15-5-2-3-6-18(15)27-22(32)26-17-10-8-16(9-11-17)25-21(31)19-7-4-14-28(19)23(33)24-13-12-20(29)30/h2-3,5-6,8-11,19H,4,7,12-14H2,1H3,(H,24,33)(H,25,31)(H,29,30)(H2,26,27,32)/t19-/m0/s1. The minimum absolute atomic E-state index is 0.00485. The number of nitrogens with zero attached hydrogens (tertiary/aromatic N) is 1. The molecule has 0 unspecified atom stereocenters. The van der Waals surface area contributed by atoms with E-state index in [0.29, 0.717) is 36.4 Å². The highest BCUT2D eigenvalue weighted by molar-refractivity contribution is 6.01. The zero-order valence-electron chi connectivity index (χ0n) is 18.3. The zero-order valence-corrected chi connectivity index (χ0v) is 18.3. The van der Waals surface area contributed by atoms with E-state index in [1.54, 1.807) is 24.3 Å². The van der Waals surface area contributed by atoms with Gasteiger partial charge in [-0.05, 0) is 55.7 Å². The number of carbonyl (C=O) groups excluding carboxylic acids is 3. The second kappa shape index (κ2) is 11.0. The second-order valence-electron chi connectivity index (χ2n) is 7.69. The topological polar surface area (TPSA) is 140 Å². The Morgan fingerprint density at radius 3 is 2.30 bits per heavy atom. The predicted octanol–water partition coefficient (Wildman–Crippen LogP) is 3.23. The number of rotatable bonds is 7. The van der Waals surface area contributed by atoms with Crippen molar-refractivity contribution in [1.29, 1.82) is 0 Å². The van der Waals surface area contributed by atoms with E-state index in [1.807, 2.05) is 31.2 Å². The van der Waals surface area contributed by atoms with Crippen molar-refractivity contribution in [3.05, 3.63) is 54.1 Å². The van der Waals surface area contributed by atoms with Crippen LogP contribution < -0.4 is 21.3 Å². The molecule has 2 aromatic rings. The van der Waals surface area contributed by atoms with Crippen LogP contribution in [0.15, 0.2) is 48.5 Å². The van der Waals surface area contributed by atoms with Crippen LogP contribution in [0.25, 0.3) is 0 Å². The van der Waals surface area contributed by atoms with E-state index in [4.69, 9.17) is 5.11 Å². The molecule has 3 rings (SSSR count). The molecule has 1 aliphatic heterocycles. The lowest BCUT2D eigenvalue weighted by Gasteiger charge is -2.24. The number of carboxylic acids is 1. The normalized spacial score (nSPS) is 14.9. The summed E-state index contributed by atoms with van der Waals surface area (Å²) in [5, 5.41) is 19.5. The van der Waals surface area contributed by atoms with E-state index in [0.717, 1.165) is 5.56 Å². The van der Waals surface area contributed by atoms with Crippen LogP contribution in [0.2, 0.25) is 0 Å². The van der Waals surface area contributed by atoms with E-state index >= 15 is 0 Å². The van der Waals surface area contributed by atoms with Gasteiger partial charge in [0, 0.05) is 30.2 Å². The summed E-state index contributed by atoms with van der Waals surface area (Å²) in [6, 6.07) is 12.6. The van der Waals surface area contributed by atoms with Crippen LogP contribution in [0, 0.1) is 6.92 Å². The molecule has 174 valence electrons. The van der Waals surface area contributed by atoms with Gasteiger partial charge in [0.15, 0.2) is 0 Å². The Kier molecular flexibility index (Phi) is 7.85. The number of carbonyl (C=O) groups is 4. The number of aliphatic carboxylic acids is 1. The maximum atomic E-state index is 12.7. The molecule has 5 amide bonds. The van der Waals surface area contributed by atoms with Crippen LogP contribution in [0.5, 0.6) is 0 Å². The second-order valence-corrected chi connectivity index (χ2v) is 7.69. The van der Waals surface area contributed by atoms with E-state index in [1.165, 1.54) is 4.90 Å². The van der Waals surface area contributed by atoms with Crippen molar-refractivity contribution in [3.63, 3.8) is 0 Å². The molecule has 10 heteroatoms. The van der Waals surface area contributed by atoms with Gasteiger partial charge in [-0.1, -0.05) is 18.2 Å². The fourth-order valence-electron chi connectivity index (χ4n) is 3.52. The third kappa shape index (κ3) is 6.70. The average Bonchev–Trinajstić information content (AvgIpc) is 3.27. The number of aryl methyl sites for hydroxylation is 1. The van der Waals surface area contributed by atoms with Crippen LogP contribution in [0.4, 0.5) is 26.7 Å². The molecule has 0 saturated carbocycles. The van der Waals surface area contributed by atoms with Crippen molar-refractivity contribution in [1.82, 2.24) is 10.2 Å². The molecule has 0 aromatic heterocycles. The van der Waals surface area contributed by atoms with Crippen LogP contribution in [-0.2, 0) is 9.59 Å². The molecule has 0 radical (unpaired) electrons. The Balaban J connectivity index is 1.52. The summed E-state index contributed by atoms with van der Waals surface area (Å²) in [5.41, 5.74) is 2.75. The molecule has 1 aliphatic rings. The third-order valence-corrected chi connectivity index (χ3v) is 5.23. The molecule has 0 spiro atoms. The summed E-state index contributed by atoms with van der Waals surface area (Å²) in [6.07, 6.45) is 1.03. The summed E-state index contributed by atoms with van der Waals surface area (Å²) in [4.78, 5) is 49.2. The van der Waals surface area contributed by atoms with Crippen LogP contribution >= 0.6 is 0 Å². The molecule has 1 atom stereocenters. The van der Waals surface area contributed by atoms with Gasteiger partial charge in [0.1, 0.15) is 6.04 Å². The fraction of sp³-hybridized carbons (Fsp3) is 0.304. The fourth-order valence-corrected chi connectivity index (χ4v) is 3.52. The van der Waals surface area contributed by atoms with Crippen molar-refractivity contribution in [3.8, 4) is 0 Å². The molecule has 33 heavy (non-hydrogen) atoms. The summed E-state index contributed by atoms with van der Waals surface area (Å²) >= 11 is 0. The lowest BCUT2D eigenvalue weighted by atomic mass is 10.2. The van der Waals surface area contributed by atoms with E-state index < -0.39 is 18.0 Å². The Bertz CT molecular complexity index is 1020. The number of anilines is 3. The minimum Gasteiger partial charge on any atom is -0.481 e. The number of amides is 5. The van der Waals surface area contributed by atoms with Gasteiger partial charge in [-0.2, -0.15) is 0 Å². The molecular formula is C23H27N5O5. The highest BCUT2D eigenvalue weighted by Gasteiger charge is 2.34. The average molecular weight is 453 g/mol. The first-order valence-corrected chi connectivity index (χ1v) is 10.6. The predicted molar refractivity (Wildman–Crippen MR) is 124 cm³/mol. The van der Waals surface area contributed by atoms with E-state index in [-0.39, 0.29) is 24.9 Å². The van der Waals surface area contributed by atoms with Crippen molar-refractivity contribution in [2.75, 3.05) is 29.0 Å². The number of urea groups is 2. The molecule has 2 aromatic carbocycles. The number of hydrogen-bond donors (Lipinski definition) is 5. The highest BCUT2D eigenvalue weighted by atomic mass is 16.4. The lowest BCUT2D eigenvalue weighted by molar-refractivity contribution is -0.136. The summed E-state index contributed by atoms with van der Waals surface area (Å²) in [5.74, 6) is -1.32. The van der Waals surface area contributed by atoms with Gasteiger partial charge >= 0.3 is 18.0 Å². The van der Waals surface area contributed by atoms with Crippen LogP contribution in [0.1, 0.15) is 24.8 Å². The molecule has 1 saturated heterocycles. The SMILES string of the molecule is Cc1ccccc1NC(=O)Nc1ccc(NC(=O)[C@@H]2CCCN2C(=O)NCCC(=O)O)cc1. The van der Waals surface area contributed by atoms with Gasteiger partial charge in [-0.15, -0.1) is 0 Å². The highest BCUT2D eigenvalue weighted by Crippen LogP contribution is 2.21. The summed E-state index contributed by atoms with van der Waals surface area (Å²) in [6.45, 7) is 2.33. The molecule has 0 aliphatic carbocycles. The smallest absolute Gasteiger partial charge is 0.323 e. The Hall–Kier alpha value is -4.08. The lowest BCUT2D eigenvalue weighted by Crippen LogP contribution is -2.48. The molecule has 1 fully saturated rings. The quantitative estimate of drug-likeness (QED) is 0.438. The molecule has 10 nitrogen and oxygen atoms in total. The van der Waals surface area contributed by atoms with Crippen molar-refractivity contribution < 1.29 is 24.3 Å². The first-order chi connectivity index (χ1) is 15.8. The maximum absolute atomic E-state index is 12.7. The van der Waals surface area contributed by atoms with Crippen molar-refractivity contribution in [2.45, 2.75) is 32.2 Å².